The van der Waals surface area contributed by atoms with E-state index in [1.807, 2.05) is 39.0 Å². The first-order valence-corrected chi connectivity index (χ1v) is 6.93. The zero-order valence-electron chi connectivity index (χ0n) is 12.3. The Labute approximate surface area is 119 Å². The van der Waals surface area contributed by atoms with Crippen molar-refractivity contribution in [3.05, 3.63) is 36.2 Å². The van der Waals surface area contributed by atoms with E-state index in [9.17, 15) is 0 Å². The van der Waals surface area contributed by atoms with Crippen LogP contribution in [0.25, 0.3) is 0 Å². The second kappa shape index (κ2) is 6.41. The van der Waals surface area contributed by atoms with Crippen molar-refractivity contribution in [2.75, 3.05) is 23.7 Å². The Hall–Kier alpha value is -2.04. The summed E-state index contributed by atoms with van der Waals surface area (Å²) < 4.78 is 5.22. The van der Waals surface area contributed by atoms with Gasteiger partial charge in [0.1, 0.15) is 0 Å². The number of anilines is 2. The third-order valence-electron chi connectivity index (χ3n) is 2.81. The summed E-state index contributed by atoms with van der Waals surface area (Å²) in [7, 11) is 0. The third-order valence-corrected chi connectivity index (χ3v) is 2.81. The Morgan fingerprint density at radius 2 is 1.75 bits per heavy atom. The molecule has 2 N–H and O–H groups in total. The number of aromatic nitrogens is 2. The molecule has 0 aliphatic carbocycles. The van der Waals surface area contributed by atoms with Crippen LogP contribution in [0, 0.1) is 0 Å². The van der Waals surface area contributed by atoms with Crippen LogP contribution in [0.4, 0.5) is 11.6 Å². The molecule has 5 heteroatoms. The van der Waals surface area contributed by atoms with Gasteiger partial charge in [0.2, 0.25) is 5.89 Å². The summed E-state index contributed by atoms with van der Waals surface area (Å²) in [5.41, 5.74) is 1.03. The topological polar surface area (TPSA) is 63.0 Å². The highest BCUT2D eigenvalue weighted by atomic mass is 16.5. The maximum absolute atomic E-state index is 5.22. The van der Waals surface area contributed by atoms with Gasteiger partial charge in [0.25, 0.3) is 5.95 Å². The van der Waals surface area contributed by atoms with Crippen molar-refractivity contribution in [3.8, 4) is 0 Å². The molecular weight excluding hydrogens is 252 g/mol. The number of hydrogen-bond acceptors (Lipinski definition) is 5. The van der Waals surface area contributed by atoms with E-state index in [1.54, 1.807) is 0 Å². The van der Waals surface area contributed by atoms with Gasteiger partial charge in [0.15, 0.2) is 0 Å². The van der Waals surface area contributed by atoms with Crippen molar-refractivity contribution in [3.63, 3.8) is 0 Å². The Bertz CT molecular complexity index is 516. The molecule has 108 valence electrons. The largest absolute Gasteiger partial charge is 0.385 e. The predicted molar refractivity (Wildman–Crippen MR) is 81.0 cm³/mol. The predicted octanol–water partition coefficient (Wildman–Crippen LogP) is 3.28. The van der Waals surface area contributed by atoms with Gasteiger partial charge in [-0.3, -0.25) is 0 Å². The van der Waals surface area contributed by atoms with Crippen molar-refractivity contribution < 1.29 is 4.52 Å². The minimum atomic E-state index is -0.109. The molecule has 1 aromatic heterocycles. The SMILES string of the molecule is CC(C)(C)c1nc(NCCCNc2ccccc2)no1. The lowest BCUT2D eigenvalue weighted by atomic mass is 9.97. The molecule has 0 unspecified atom stereocenters. The van der Waals surface area contributed by atoms with Gasteiger partial charge in [-0.2, -0.15) is 4.98 Å². The molecule has 0 bridgehead atoms. The van der Waals surface area contributed by atoms with Gasteiger partial charge < -0.3 is 15.2 Å². The minimum absolute atomic E-state index is 0.109. The fraction of sp³-hybridized carbons (Fsp3) is 0.467. The summed E-state index contributed by atoms with van der Waals surface area (Å²) >= 11 is 0. The van der Waals surface area contributed by atoms with Crippen molar-refractivity contribution >= 4 is 11.6 Å². The molecule has 0 saturated carbocycles. The first-order chi connectivity index (χ1) is 9.55. The molecule has 5 nitrogen and oxygen atoms in total. The van der Waals surface area contributed by atoms with Gasteiger partial charge >= 0.3 is 0 Å². The molecule has 0 fully saturated rings. The molecule has 2 aromatic rings. The second-order valence-electron chi connectivity index (χ2n) is 5.75. The zero-order chi connectivity index (χ0) is 14.4. The van der Waals surface area contributed by atoms with Gasteiger partial charge in [-0.1, -0.05) is 39.0 Å². The molecule has 0 saturated heterocycles. The van der Waals surface area contributed by atoms with E-state index < -0.39 is 0 Å². The smallest absolute Gasteiger partial charge is 0.263 e. The Morgan fingerprint density at radius 3 is 2.40 bits per heavy atom. The number of benzene rings is 1. The maximum atomic E-state index is 5.22. The fourth-order valence-corrected chi connectivity index (χ4v) is 1.68. The normalized spacial score (nSPS) is 11.3. The van der Waals surface area contributed by atoms with Crippen LogP contribution in [0.15, 0.2) is 34.9 Å². The number of rotatable bonds is 6. The third kappa shape index (κ3) is 4.26. The quantitative estimate of drug-likeness (QED) is 0.791. The molecule has 0 spiro atoms. The first kappa shape index (κ1) is 14.4. The summed E-state index contributed by atoms with van der Waals surface area (Å²) in [5.74, 6) is 1.22. The lowest BCUT2D eigenvalue weighted by Gasteiger charge is -2.10. The lowest BCUT2D eigenvalue weighted by Crippen LogP contribution is -2.12. The molecular formula is C15H22N4O. The zero-order valence-corrected chi connectivity index (χ0v) is 12.3. The van der Waals surface area contributed by atoms with Crippen molar-refractivity contribution in [1.29, 1.82) is 0 Å². The average molecular weight is 274 g/mol. The average Bonchev–Trinajstić information content (AvgIpc) is 2.88. The van der Waals surface area contributed by atoms with Gasteiger partial charge in [-0.25, -0.2) is 0 Å². The minimum Gasteiger partial charge on any atom is -0.385 e. The van der Waals surface area contributed by atoms with Crippen molar-refractivity contribution in [2.24, 2.45) is 0 Å². The van der Waals surface area contributed by atoms with Crippen LogP contribution in [-0.2, 0) is 5.41 Å². The van der Waals surface area contributed by atoms with Crippen LogP contribution in [0.3, 0.4) is 0 Å². The second-order valence-corrected chi connectivity index (χ2v) is 5.75. The summed E-state index contributed by atoms with van der Waals surface area (Å²) in [6.45, 7) is 7.86. The van der Waals surface area contributed by atoms with Gasteiger partial charge in [-0.05, 0) is 23.7 Å². The summed E-state index contributed by atoms with van der Waals surface area (Å²) in [5, 5.41) is 10.4. The van der Waals surface area contributed by atoms with Crippen LogP contribution < -0.4 is 10.6 Å². The molecule has 0 radical (unpaired) electrons. The van der Waals surface area contributed by atoms with Crippen LogP contribution in [0.1, 0.15) is 33.1 Å². The summed E-state index contributed by atoms with van der Waals surface area (Å²) in [6, 6.07) is 10.2. The molecule has 1 aromatic carbocycles. The van der Waals surface area contributed by atoms with E-state index >= 15 is 0 Å². The standard InChI is InChI=1S/C15H22N4O/c1-15(2,3)13-18-14(19-20-13)17-11-7-10-16-12-8-5-4-6-9-12/h4-6,8-9,16H,7,10-11H2,1-3H3,(H,17,19). The van der Waals surface area contributed by atoms with E-state index in [-0.39, 0.29) is 5.41 Å². The van der Waals surface area contributed by atoms with Crippen LogP contribution in [0.5, 0.6) is 0 Å². The number of para-hydroxylation sites is 1. The van der Waals surface area contributed by atoms with E-state index in [2.05, 4.69) is 32.9 Å². The molecule has 1 heterocycles. The first-order valence-electron chi connectivity index (χ1n) is 6.93. The lowest BCUT2D eigenvalue weighted by molar-refractivity contribution is 0.321. The molecule has 20 heavy (non-hydrogen) atoms. The van der Waals surface area contributed by atoms with E-state index in [0.29, 0.717) is 11.8 Å². The van der Waals surface area contributed by atoms with E-state index in [1.165, 1.54) is 0 Å². The maximum Gasteiger partial charge on any atom is 0.263 e. The Morgan fingerprint density at radius 1 is 1.05 bits per heavy atom. The van der Waals surface area contributed by atoms with Crippen molar-refractivity contribution in [1.82, 2.24) is 10.1 Å². The van der Waals surface area contributed by atoms with Gasteiger partial charge in [0, 0.05) is 24.2 Å². The highest BCUT2D eigenvalue weighted by molar-refractivity contribution is 5.42. The van der Waals surface area contributed by atoms with Gasteiger partial charge in [-0.15, -0.1) is 0 Å². The van der Waals surface area contributed by atoms with Crippen LogP contribution in [0.2, 0.25) is 0 Å². The molecule has 0 atom stereocenters. The molecule has 0 amide bonds. The molecule has 0 aliphatic rings. The Kier molecular flexibility index (Phi) is 4.61. The van der Waals surface area contributed by atoms with Crippen LogP contribution in [-0.4, -0.2) is 23.2 Å². The van der Waals surface area contributed by atoms with Gasteiger partial charge in [0.05, 0.1) is 0 Å². The summed E-state index contributed by atoms with van der Waals surface area (Å²) in [4.78, 5) is 4.33. The summed E-state index contributed by atoms with van der Waals surface area (Å²) in [6.07, 6.45) is 0.980. The number of nitrogens with one attached hydrogen (secondary N) is 2. The molecule has 2 rings (SSSR count). The number of hydrogen-bond donors (Lipinski definition) is 2. The Balaban J connectivity index is 1.67. The van der Waals surface area contributed by atoms with Crippen molar-refractivity contribution in [2.45, 2.75) is 32.6 Å². The van der Waals surface area contributed by atoms with E-state index in [0.717, 1.165) is 25.2 Å². The fourth-order valence-electron chi connectivity index (χ4n) is 1.68. The monoisotopic (exact) mass is 274 g/mol. The number of nitrogens with zero attached hydrogens (tertiary/aromatic N) is 2. The van der Waals surface area contributed by atoms with Crippen LogP contribution >= 0.6 is 0 Å². The molecule has 0 aliphatic heterocycles. The van der Waals surface area contributed by atoms with E-state index in [4.69, 9.17) is 4.52 Å². The highest BCUT2D eigenvalue weighted by Crippen LogP contribution is 2.20. The highest BCUT2D eigenvalue weighted by Gasteiger charge is 2.21.